The molecule has 1 saturated carbocycles. The molecule has 4 heterocycles. The van der Waals surface area contributed by atoms with Crippen LogP contribution in [0.3, 0.4) is 0 Å². The fourth-order valence-electron chi connectivity index (χ4n) is 6.78. The second-order valence-corrected chi connectivity index (χ2v) is 10.7. The molecule has 6 rings (SSSR count). The number of ether oxygens (including phenoxy) is 1. The van der Waals surface area contributed by atoms with Gasteiger partial charge in [0.15, 0.2) is 0 Å². The second-order valence-electron chi connectivity index (χ2n) is 10.7. The monoisotopic (exact) mass is 488 g/mol. The molecule has 0 N–H and O–H groups in total. The van der Waals surface area contributed by atoms with Crippen molar-refractivity contribution in [2.75, 3.05) is 33.3 Å². The standard InChI is InChI=1S/C29H33FN4O2/c1-18-10-20(6-8-31-18)29-23-16-33(9-7-21(23)14-32-29)28(35)13-22-11-19-12-26(22)34(15-19)17-24-25(30)4-3-5-27(24)36-2/h3-6,8,10,19,22,26H,7,9,11-17H2,1-2H3. The number of carbonyl (C=O) groups is 1. The zero-order valence-electron chi connectivity index (χ0n) is 21.0. The van der Waals surface area contributed by atoms with E-state index in [1.165, 1.54) is 17.2 Å². The average Bonchev–Trinajstić information content (AvgIpc) is 3.59. The van der Waals surface area contributed by atoms with Crippen LogP contribution >= 0.6 is 0 Å². The Balaban J connectivity index is 1.12. The maximum Gasteiger partial charge on any atom is 0.223 e. The van der Waals surface area contributed by atoms with Gasteiger partial charge < -0.3 is 9.64 Å². The molecule has 0 spiro atoms. The summed E-state index contributed by atoms with van der Waals surface area (Å²) < 4.78 is 20.0. The second kappa shape index (κ2) is 9.43. The van der Waals surface area contributed by atoms with Gasteiger partial charge in [-0.05, 0) is 73.4 Å². The Hall–Kier alpha value is -3.06. The van der Waals surface area contributed by atoms with Gasteiger partial charge >= 0.3 is 0 Å². The molecule has 1 aromatic heterocycles. The molecule has 3 aliphatic heterocycles. The topological polar surface area (TPSA) is 58.0 Å². The molecule has 3 atom stereocenters. The highest BCUT2D eigenvalue weighted by Gasteiger charge is 2.46. The van der Waals surface area contributed by atoms with E-state index in [0.717, 1.165) is 55.9 Å². The first-order valence-corrected chi connectivity index (χ1v) is 13.0. The molecule has 1 saturated heterocycles. The van der Waals surface area contributed by atoms with Crippen molar-refractivity contribution in [3.05, 3.63) is 70.3 Å². The lowest BCUT2D eigenvalue weighted by Gasteiger charge is -2.35. The van der Waals surface area contributed by atoms with Gasteiger partial charge in [0.1, 0.15) is 11.6 Å². The summed E-state index contributed by atoms with van der Waals surface area (Å²) in [5.74, 6) is 1.52. The van der Waals surface area contributed by atoms with Crippen LogP contribution in [0.2, 0.25) is 0 Å². The first-order valence-electron chi connectivity index (χ1n) is 13.0. The van der Waals surface area contributed by atoms with Gasteiger partial charge in [-0.25, -0.2) is 4.39 Å². The van der Waals surface area contributed by atoms with Gasteiger partial charge in [-0.3, -0.25) is 19.7 Å². The summed E-state index contributed by atoms with van der Waals surface area (Å²) in [4.78, 5) is 27.0. The van der Waals surface area contributed by atoms with Crippen molar-refractivity contribution >= 4 is 11.6 Å². The molecule has 7 heteroatoms. The molecule has 3 unspecified atom stereocenters. The number of aryl methyl sites for hydroxylation is 1. The number of amides is 1. The summed E-state index contributed by atoms with van der Waals surface area (Å²) in [6, 6.07) is 9.42. The third kappa shape index (κ3) is 4.23. The van der Waals surface area contributed by atoms with Crippen LogP contribution in [0, 0.1) is 24.6 Å². The van der Waals surface area contributed by atoms with Gasteiger partial charge in [-0.15, -0.1) is 0 Å². The summed E-state index contributed by atoms with van der Waals surface area (Å²) in [7, 11) is 1.59. The maximum atomic E-state index is 14.6. The highest BCUT2D eigenvalue weighted by Crippen LogP contribution is 2.45. The van der Waals surface area contributed by atoms with Crippen LogP contribution in [-0.4, -0.2) is 65.7 Å². The van der Waals surface area contributed by atoms with Gasteiger partial charge in [0.05, 0.1) is 19.4 Å². The number of hydrogen-bond donors (Lipinski definition) is 0. The lowest BCUT2D eigenvalue weighted by atomic mass is 9.92. The number of halogens is 1. The molecule has 4 aliphatic rings. The summed E-state index contributed by atoms with van der Waals surface area (Å²) >= 11 is 0. The number of aliphatic imine (C=N–C) groups is 1. The quantitative estimate of drug-likeness (QED) is 0.613. The predicted molar refractivity (Wildman–Crippen MR) is 137 cm³/mol. The van der Waals surface area contributed by atoms with Crippen molar-refractivity contribution in [2.24, 2.45) is 16.8 Å². The molecular formula is C29H33FN4O2. The molecule has 2 aromatic rings. The van der Waals surface area contributed by atoms with E-state index in [1.54, 1.807) is 13.2 Å². The van der Waals surface area contributed by atoms with Crippen molar-refractivity contribution in [1.29, 1.82) is 0 Å². The van der Waals surface area contributed by atoms with Crippen molar-refractivity contribution < 1.29 is 13.9 Å². The fourth-order valence-corrected chi connectivity index (χ4v) is 6.78. The summed E-state index contributed by atoms with van der Waals surface area (Å²) in [5.41, 5.74) is 6.30. The molecule has 2 bridgehead atoms. The van der Waals surface area contributed by atoms with Crippen LogP contribution in [0.1, 0.15) is 42.5 Å². The Kier molecular flexibility index (Phi) is 6.12. The van der Waals surface area contributed by atoms with Crippen LogP contribution in [0.4, 0.5) is 4.39 Å². The molecule has 1 aromatic carbocycles. The number of fused-ring (bicyclic) bond motifs is 2. The predicted octanol–water partition coefficient (Wildman–Crippen LogP) is 4.17. The number of carbonyl (C=O) groups excluding carboxylic acids is 1. The minimum Gasteiger partial charge on any atom is -0.496 e. The van der Waals surface area contributed by atoms with Gasteiger partial charge in [-0.1, -0.05) is 6.07 Å². The zero-order valence-corrected chi connectivity index (χ0v) is 21.0. The van der Waals surface area contributed by atoms with E-state index in [9.17, 15) is 9.18 Å². The Morgan fingerprint density at radius 2 is 2.14 bits per heavy atom. The highest BCUT2D eigenvalue weighted by molar-refractivity contribution is 6.15. The first-order chi connectivity index (χ1) is 17.5. The Morgan fingerprint density at radius 1 is 1.25 bits per heavy atom. The van der Waals surface area contributed by atoms with Crippen LogP contribution in [0.5, 0.6) is 5.75 Å². The number of methoxy groups -OCH3 is 1. The fraction of sp³-hybridized carbons (Fsp3) is 0.483. The van der Waals surface area contributed by atoms with Crippen molar-refractivity contribution in [3.8, 4) is 5.75 Å². The summed E-state index contributed by atoms with van der Waals surface area (Å²) in [6.07, 6.45) is 5.48. The third-order valence-corrected chi connectivity index (χ3v) is 8.51. The van der Waals surface area contributed by atoms with Crippen molar-refractivity contribution in [1.82, 2.24) is 14.8 Å². The van der Waals surface area contributed by atoms with Crippen LogP contribution in [0.15, 0.2) is 52.7 Å². The van der Waals surface area contributed by atoms with E-state index in [-0.39, 0.29) is 11.7 Å². The number of nitrogens with zero attached hydrogens (tertiary/aromatic N) is 4. The largest absolute Gasteiger partial charge is 0.496 e. The van der Waals surface area contributed by atoms with Crippen LogP contribution in [0.25, 0.3) is 0 Å². The smallest absolute Gasteiger partial charge is 0.223 e. The van der Waals surface area contributed by atoms with Gasteiger partial charge in [0.2, 0.25) is 5.91 Å². The Morgan fingerprint density at radius 3 is 2.94 bits per heavy atom. The number of aromatic nitrogens is 1. The van der Waals surface area contributed by atoms with Crippen molar-refractivity contribution in [2.45, 2.75) is 45.2 Å². The number of hydrogen-bond acceptors (Lipinski definition) is 5. The minimum absolute atomic E-state index is 0.222. The highest BCUT2D eigenvalue weighted by atomic mass is 19.1. The van der Waals surface area contributed by atoms with E-state index in [2.05, 4.69) is 16.0 Å². The van der Waals surface area contributed by atoms with E-state index >= 15 is 0 Å². The molecule has 1 aliphatic carbocycles. The summed E-state index contributed by atoms with van der Waals surface area (Å²) in [6.45, 7) is 5.66. The lowest BCUT2D eigenvalue weighted by Crippen LogP contribution is -2.43. The number of rotatable bonds is 6. The third-order valence-electron chi connectivity index (χ3n) is 8.51. The summed E-state index contributed by atoms with van der Waals surface area (Å²) in [5, 5.41) is 0. The van der Waals surface area contributed by atoms with Gasteiger partial charge in [-0.2, -0.15) is 0 Å². The number of pyridine rings is 1. The zero-order chi connectivity index (χ0) is 24.8. The minimum atomic E-state index is -0.222. The van der Waals surface area contributed by atoms with Crippen LogP contribution < -0.4 is 4.74 Å². The first kappa shape index (κ1) is 23.3. The number of piperidine rings is 1. The lowest BCUT2D eigenvalue weighted by molar-refractivity contribution is -0.132. The molecule has 188 valence electrons. The van der Waals surface area contributed by atoms with E-state index < -0.39 is 0 Å². The van der Waals surface area contributed by atoms with Gasteiger partial charge in [0.25, 0.3) is 0 Å². The number of benzene rings is 1. The Bertz CT molecular complexity index is 1260. The molecule has 0 radical (unpaired) electrons. The normalized spacial score (nSPS) is 25.4. The van der Waals surface area contributed by atoms with E-state index in [1.807, 2.05) is 30.2 Å². The molecule has 6 nitrogen and oxygen atoms in total. The van der Waals surface area contributed by atoms with Gasteiger partial charge in [0, 0.05) is 61.7 Å². The average molecular weight is 489 g/mol. The van der Waals surface area contributed by atoms with E-state index in [0.29, 0.717) is 48.7 Å². The number of likely N-dealkylation sites (tertiary alicyclic amines) is 1. The SMILES string of the molecule is COc1cccc(F)c1CN1CC2CC(CC(=O)N3CCC4=C(C3)C(c3ccnc(C)c3)=NC4)C1C2. The van der Waals surface area contributed by atoms with E-state index in [4.69, 9.17) is 9.73 Å². The van der Waals surface area contributed by atoms with Crippen molar-refractivity contribution in [3.63, 3.8) is 0 Å². The molecule has 36 heavy (non-hydrogen) atoms. The maximum absolute atomic E-state index is 14.6. The molecular weight excluding hydrogens is 455 g/mol. The van der Waals surface area contributed by atoms with Crippen LogP contribution in [-0.2, 0) is 11.3 Å². The molecule has 1 amide bonds. The Labute approximate surface area is 211 Å². The molecule has 2 fully saturated rings.